The molecule has 0 spiro atoms. The minimum Gasteiger partial charge on any atom is -0.377 e. The van der Waals surface area contributed by atoms with E-state index in [1.54, 1.807) is 12.3 Å². The molecule has 0 aliphatic carbocycles. The first-order chi connectivity index (χ1) is 9.04. The van der Waals surface area contributed by atoms with Crippen LogP contribution in [0.3, 0.4) is 0 Å². The van der Waals surface area contributed by atoms with Crippen molar-refractivity contribution in [2.45, 2.75) is 30.8 Å². The highest BCUT2D eigenvalue weighted by molar-refractivity contribution is 9.10. The molecule has 0 saturated carbocycles. The number of hydrogen-bond acceptors (Lipinski definition) is 4. The highest BCUT2D eigenvalue weighted by atomic mass is 79.9. The summed E-state index contributed by atoms with van der Waals surface area (Å²) < 4.78 is 32.6. The molecule has 106 valence electrons. The molecule has 1 aromatic rings. The lowest BCUT2D eigenvalue weighted by molar-refractivity contribution is 0.0947. The van der Waals surface area contributed by atoms with E-state index in [4.69, 9.17) is 4.74 Å². The van der Waals surface area contributed by atoms with Crippen LogP contribution in [-0.4, -0.2) is 43.5 Å². The van der Waals surface area contributed by atoms with Crippen molar-refractivity contribution < 1.29 is 13.2 Å². The molecule has 2 heterocycles. The van der Waals surface area contributed by atoms with Crippen LogP contribution in [-0.2, 0) is 14.8 Å². The van der Waals surface area contributed by atoms with E-state index in [0.29, 0.717) is 17.6 Å². The number of halogens is 1. The van der Waals surface area contributed by atoms with Crippen molar-refractivity contribution >= 4 is 26.0 Å². The summed E-state index contributed by atoms with van der Waals surface area (Å²) in [7, 11) is -3.50. The third-order valence-corrected chi connectivity index (χ3v) is 5.44. The molecule has 0 bridgehead atoms. The Labute approximate surface area is 122 Å². The number of ether oxygens (including phenoxy) is 1. The number of hydrogen-bond donors (Lipinski definition) is 0. The van der Waals surface area contributed by atoms with Crippen molar-refractivity contribution in [1.29, 1.82) is 0 Å². The SMILES string of the molecule is CCN(CC1CCCO1)S(=O)(=O)c1cncc(Br)c1. The van der Waals surface area contributed by atoms with Crippen LogP contribution in [0.2, 0.25) is 0 Å². The van der Waals surface area contributed by atoms with Crippen LogP contribution in [0.15, 0.2) is 27.8 Å². The largest absolute Gasteiger partial charge is 0.377 e. The van der Waals surface area contributed by atoms with E-state index in [-0.39, 0.29) is 11.0 Å². The summed E-state index contributed by atoms with van der Waals surface area (Å²) in [6.45, 7) is 3.39. The molecule has 0 aromatic carbocycles. The highest BCUT2D eigenvalue weighted by Crippen LogP contribution is 2.21. The fourth-order valence-corrected chi connectivity index (χ4v) is 4.08. The number of aromatic nitrogens is 1. The van der Waals surface area contributed by atoms with Crippen LogP contribution >= 0.6 is 15.9 Å². The monoisotopic (exact) mass is 348 g/mol. The Kier molecular flexibility index (Phi) is 4.94. The molecule has 0 N–H and O–H groups in total. The van der Waals surface area contributed by atoms with E-state index in [1.165, 1.54) is 10.5 Å². The zero-order chi connectivity index (χ0) is 13.9. The summed E-state index contributed by atoms with van der Waals surface area (Å²) in [5, 5.41) is 0. The van der Waals surface area contributed by atoms with Crippen LogP contribution in [0.5, 0.6) is 0 Å². The highest BCUT2D eigenvalue weighted by Gasteiger charge is 2.28. The van der Waals surface area contributed by atoms with Gasteiger partial charge in [-0.25, -0.2) is 8.42 Å². The molecule has 1 saturated heterocycles. The van der Waals surface area contributed by atoms with E-state index in [1.807, 2.05) is 6.92 Å². The number of pyridine rings is 1. The molecule has 0 amide bonds. The number of sulfonamides is 1. The second-order valence-electron chi connectivity index (χ2n) is 4.43. The predicted molar refractivity (Wildman–Crippen MR) is 75.3 cm³/mol. The Morgan fingerprint density at radius 2 is 2.32 bits per heavy atom. The Bertz CT molecular complexity index is 530. The standard InChI is InChI=1S/C12H17BrN2O3S/c1-2-15(9-11-4-3-5-18-11)19(16,17)12-6-10(13)7-14-8-12/h6-8,11H,2-5,9H2,1H3. The van der Waals surface area contributed by atoms with Crippen molar-refractivity contribution in [3.63, 3.8) is 0 Å². The summed E-state index contributed by atoms with van der Waals surface area (Å²) in [6.07, 6.45) is 4.87. The summed E-state index contributed by atoms with van der Waals surface area (Å²) in [4.78, 5) is 4.12. The van der Waals surface area contributed by atoms with Crippen LogP contribution in [0.25, 0.3) is 0 Å². The Morgan fingerprint density at radius 1 is 1.53 bits per heavy atom. The maximum Gasteiger partial charge on any atom is 0.244 e. The quantitative estimate of drug-likeness (QED) is 0.816. The van der Waals surface area contributed by atoms with Crippen molar-refractivity contribution in [1.82, 2.24) is 9.29 Å². The van der Waals surface area contributed by atoms with Gasteiger partial charge in [-0.3, -0.25) is 4.98 Å². The van der Waals surface area contributed by atoms with Crippen molar-refractivity contribution in [3.05, 3.63) is 22.9 Å². The smallest absolute Gasteiger partial charge is 0.244 e. The first kappa shape index (κ1) is 14.9. The first-order valence-electron chi connectivity index (χ1n) is 6.26. The van der Waals surface area contributed by atoms with Gasteiger partial charge in [0.1, 0.15) is 4.90 Å². The lowest BCUT2D eigenvalue weighted by Crippen LogP contribution is -2.37. The molecular formula is C12H17BrN2O3S. The molecule has 7 heteroatoms. The second-order valence-corrected chi connectivity index (χ2v) is 7.28. The van der Waals surface area contributed by atoms with E-state index in [2.05, 4.69) is 20.9 Å². The Balaban J connectivity index is 2.20. The fourth-order valence-electron chi connectivity index (χ4n) is 2.10. The van der Waals surface area contributed by atoms with Gasteiger partial charge in [0.25, 0.3) is 0 Å². The van der Waals surface area contributed by atoms with Gasteiger partial charge in [0.2, 0.25) is 10.0 Å². The van der Waals surface area contributed by atoms with Gasteiger partial charge in [-0.1, -0.05) is 6.92 Å². The summed E-state index contributed by atoms with van der Waals surface area (Å²) in [5.41, 5.74) is 0. The van der Waals surface area contributed by atoms with E-state index >= 15 is 0 Å². The Morgan fingerprint density at radius 3 is 2.89 bits per heavy atom. The average Bonchev–Trinajstić information content (AvgIpc) is 2.88. The average molecular weight is 349 g/mol. The third-order valence-electron chi connectivity index (χ3n) is 3.10. The van der Waals surface area contributed by atoms with E-state index < -0.39 is 10.0 Å². The van der Waals surface area contributed by atoms with Gasteiger partial charge in [0.05, 0.1) is 6.10 Å². The number of rotatable bonds is 5. The number of likely N-dealkylation sites (N-methyl/N-ethyl adjacent to an activating group) is 1. The molecule has 1 aliphatic heterocycles. The number of nitrogens with zero attached hydrogens (tertiary/aromatic N) is 2. The molecule has 5 nitrogen and oxygen atoms in total. The summed E-state index contributed by atoms with van der Waals surface area (Å²) >= 11 is 3.24. The molecular weight excluding hydrogens is 332 g/mol. The topological polar surface area (TPSA) is 59.5 Å². The van der Waals surface area contributed by atoms with Gasteiger partial charge < -0.3 is 4.74 Å². The predicted octanol–water partition coefficient (Wildman–Crippen LogP) is 2.03. The zero-order valence-electron chi connectivity index (χ0n) is 10.8. The maximum absolute atomic E-state index is 12.5. The van der Waals surface area contributed by atoms with Gasteiger partial charge >= 0.3 is 0 Å². The van der Waals surface area contributed by atoms with Gasteiger partial charge in [-0.15, -0.1) is 0 Å². The molecule has 1 unspecified atom stereocenters. The van der Waals surface area contributed by atoms with Crippen LogP contribution in [0, 0.1) is 0 Å². The lowest BCUT2D eigenvalue weighted by atomic mass is 10.2. The maximum atomic E-state index is 12.5. The first-order valence-corrected chi connectivity index (χ1v) is 8.49. The van der Waals surface area contributed by atoms with Gasteiger partial charge in [0, 0.05) is 36.6 Å². The normalized spacial score (nSPS) is 20.1. The summed E-state index contributed by atoms with van der Waals surface area (Å²) in [6, 6.07) is 1.57. The third kappa shape index (κ3) is 3.53. The van der Waals surface area contributed by atoms with Crippen molar-refractivity contribution in [2.24, 2.45) is 0 Å². The van der Waals surface area contributed by atoms with Crippen LogP contribution in [0.1, 0.15) is 19.8 Å². The molecule has 2 rings (SSSR count). The van der Waals surface area contributed by atoms with Gasteiger partial charge in [-0.05, 0) is 34.8 Å². The zero-order valence-corrected chi connectivity index (χ0v) is 13.2. The van der Waals surface area contributed by atoms with Gasteiger partial charge in [-0.2, -0.15) is 4.31 Å². The molecule has 1 aliphatic rings. The molecule has 1 fully saturated rings. The minimum atomic E-state index is -3.50. The Hall–Kier alpha value is -0.500. The molecule has 0 radical (unpaired) electrons. The molecule has 1 atom stereocenters. The summed E-state index contributed by atoms with van der Waals surface area (Å²) in [5.74, 6) is 0. The fraction of sp³-hybridized carbons (Fsp3) is 0.583. The second kappa shape index (κ2) is 6.30. The van der Waals surface area contributed by atoms with Crippen LogP contribution < -0.4 is 0 Å². The minimum absolute atomic E-state index is 0.00911. The molecule has 19 heavy (non-hydrogen) atoms. The molecule has 1 aromatic heterocycles. The van der Waals surface area contributed by atoms with E-state index in [0.717, 1.165) is 19.4 Å². The van der Waals surface area contributed by atoms with Crippen LogP contribution in [0.4, 0.5) is 0 Å². The lowest BCUT2D eigenvalue weighted by Gasteiger charge is -2.23. The van der Waals surface area contributed by atoms with Crippen molar-refractivity contribution in [2.75, 3.05) is 19.7 Å². The van der Waals surface area contributed by atoms with E-state index in [9.17, 15) is 8.42 Å². The van der Waals surface area contributed by atoms with Crippen molar-refractivity contribution in [3.8, 4) is 0 Å². The van der Waals surface area contributed by atoms with Gasteiger partial charge in [0.15, 0.2) is 0 Å².